The summed E-state index contributed by atoms with van der Waals surface area (Å²) >= 11 is 1.21. The molecule has 3 N–H and O–H groups in total. The number of sulfonamides is 1. The SMILES string of the molecule is C[C@@H](CCN(C)C)c1n[nH]c(=O)s1.Cc1cc(COc2ccc(S(N)(=O)=O)cc2)c2ccccc2n1. The van der Waals surface area contributed by atoms with Crippen molar-refractivity contribution in [3.63, 3.8) is 0 Å². The summed E-state index contributed by atoms with van der Waals surface area (Å²) in [4.78, 5) is 17.4. The molecule has 0 aliphatic carbocycles. The topological polar surface area (TPSA) is 131 Å². The number of para-hydroxylation sites is 1. The number of nitrogens with one attached hydrogen (secondary N) is 1. The number of aromatic nitrogens is 3. The first-order valence-electron chi connectivity index (χ1n) is 11.3. The maximum Gasteiger partial charge on any atom is 0.322 e. The van der Waals surface area contributed by atoms with Crippen LogP contribution in [0.2, 0.25) is 0 Å². The fourth-order valence-corrected chi connectivity index (χ4v) is 4.64. The van der Waals surface area contributed by atoms with Crippen LogP contribution in [0.1, 0.15) is 35.5 Å². The van der Waals surface area contributed by atoms with Crippen LogP contribution < -0.4 is 14.7 Å². The number of benzene rings is 2. The summed E-state index contributed by atoms with van der Waals surface area (Å²) in [5.41, 5.74) is 2.88. The third kappa shape index (κ3) is 7.95. The quantitative estimate of drug-likeness (QED) is 0.356. The van der Waals surface area contributed by atoms with Crippen molar-refractivity contribution in [3.05, 3.63) is 80.5 Å². The second-order valence-corrected chi connectivity index (χ2v) is 11.2. The van der Waals surface area contributed by atoms with E-state index in [2.05, 4.69) is 27.0 Å². The summed E-state index contributed by atoms with van der Waals surface area (Å²) in [6, 6.07) is 15.9. The summed E-state index contributed by atoms with van der Waals surface area (Å²) in [6.45, 7) is 5.43. The first-order valence-corrected chi connectivity index (χ1v) is 13.7. The van der Waals surface area contributed by atoms with Gasteiger partial charge in [-0.05, 0) is 70.4 Å². The van der Waals surface area contributed by atoms with E-state index >= 15 is 0 Å². The lowest BCUT2D eigenvalue weighted by Gasteiger charge is -2.12. The fraction of sp³-hybridized carbons (Fsp3) is 0.320. The van der Waals surface area contributed by atoms with Crippen LogP contribution in [-0.4, -0.2) is 49.1 Å². The van der Waals surface area contributed by atoms with Gasteiger partial charge in [0.15, 0.2) is 0 Å². The smallest absolute Gasteiger partial charge is 0.322 e. The summed E-state index contributed by atoms with van der Waals surface area (Å²) in [5, 5.41) is 13.4. The average Bonchev–Trinajstić information content (AvgIpc) is 3.27. The van der Waals surface area contributed by atoms with Crippen molar-refractivity contribution in [1.29, 1.82) is 0 Å². The Hall–Kier alpha value is -3.12. The van der Waals surface area contributed by atoms with E-state index in [1.165, 1.54) is 23.5 Å². The zero-order valence-electron chi connectivity index (χ0n) is 20.8. The van der Waals surface area contributed by atoms with Gasteiger partial charge in [-0.25, -0.2) is 18.7 Å². The van der Waals surface area contributed by atoms with Gasteiger partial charge in [0.25, 0.3) is 0 Å². The number of H-pyrrole nitrogens is 1. The molecule has 0 amide bonds. The maximum atomic E-state index is 11.2. The summed E-state index contributed by atoms with van der Waals surface area (Å²) in [5.74, 6) is 0.947. The van der Waals surface area contributed by atoms with Crippen molar-refractivity contribution in [2.24, 2.45) is 5.14 Å². The molecule has 1 atom stereocenters. The van der Waals surface area contributed by atoms with Crippen LogP contribution in [0.25, 0.3) is 10.9 Å². The monoisotopic (exact) mass is 529 g/mol. The Kier molecular flexibility index (Phi) is 9.32. The normalized spacial score (nSPS) is 12.3. The van der Waals surface area contributed by atoms with Crippen molar-refractivity contribution in [1.82, 2.24) is 20.1 Å². The van der Waals surface area contributed by atoms with E-state index in [4.69, 9.17) is 9.88 Å². The third-order valence-corrected chi connectivity index (χ3v) is 7.27. The van der Waals surface area contributed by atoms with Gasteiger partial charge in [0.05, 0.1) is 10.4 Å². The van der Waals surface area contributed by atoms with Crippen LogP contribution in [0.3, 0.4) is 0 Å². The van der Waals surface area contributed by atoms with Gasteiger partial charge in [0.1, 0.15) is 17.4 Å². The van der Waals surface area contributed by atoms with Gasteiger partial charge >= 0.3 is 4.87 Å². The highest BCUT2D eigenvalue weighted by atomic mass is 32.2. The Balaban J connectivity index is 0.000000236. The molecule has 0 aliphatic rings. The zero-order chi connectivity index (χ0) is 26.3. The van der Waals surface area contributed by atoms with Crippen LogP contribution in [0.5, 0.6) is 5.75 Å². The number of rotatable bonds is 8. The van der Waals surface area contributed by atoms with Gasteiger partial charge in [-0.2, -0.15) is 5.10 Å². The van der Waals surface area contributed by atoms with Crippen molar-refractivity contribution in [2.45, 2.75) is 37.7 Å². The Morgan fingerprint density at radius 3 is 2.44 bits per heavy atom. The molecule has 0 fully saturated rings. The lowest BCUT2D eigenvalue weighted by Crippen LogP contribution is -2.14. The van der Waals surface area contributed by atoms with E-state index in [-0.39, 0.29) is 9.77 Å². The maximum absolute atomic E-state index is 11.2. The molecular formula is C25H31N5O4S2. The molecule has 4 aromatic rings. The van der Waals surface area contributed by atoms with Crippen molar-refractivity contribution in [3.8, 4) is 5.75 Å². The average molecular weight is 530 g/mol. The molecule has 2 heterocycles. The number of pyridine rings is 1. The molecule has 2 aromatic carbocycles. The minimum absolute atomic E-state index is 0.0632. The predicted molar refractivity (Wildman–Crippen MR) is 143 cm³/mol. The van der Waals surface area contributed by atoms with E-state index in [9.17, 15) is 13.2 Å². The van der Waals surface area contributed by atoms with Crippen LogP contribution in [0.15, 0.2) is 64.3 Å². The van der Waals surface area contributed by atoms with Gasteiger partial charge in [0.2, 0.25) is 10.0 Å². The second-order valence-electron chi connectivity index (χ2n) is 8.69. The number of hydrogen-bond donors (Lipinski definition) is 2. The molecule has 0 aliphatic heterocycles. The largest absolute Gasteiger partial charge is 0.489 e. The Bertz CT molecular complexity index is 1450. The second kappa shape index (κ2) is 12.2. The minimum atomic E-state index is -3.68. The molecule has 0 bridgehead atoms. The van der Waals surface area contributed by atoms with E-state index in [0.29, 0.717) is 18.3 Å². The number of primary sulfonamides is 1. The molecule has 192 valence electrons. The van der Waals surface area contributed by atoms with E-state index in [0.717, 1.165) is 40.1 Å². The van der Waals surface area contributed by atoms with E-state index in [1.54, 1.807) is 12.1 Å². The molecule has 0 radical (unpaired) electrons. The molecule has 0 saturated carbocycles. The number of ether oxygens (including phenoxy) is 1. The van der Waals surface area contributed by atoms with Crippen molar-refractivity contribution in [2.75, 3.05) is 20.6 Å². The van der Waals surface area contributed by atoms with E-state index in [1.807, 2.05) is 51.4 Å². The Morgan fingerprint density at radius 2 is 1.83 bits per heavy atom. The molecule has 36 heavy (non-hydrogen) atoms. The Labute approximate surface area is 215 Å². The summed E-state index contributed by atoms with van der Waals surface area (Å²) < 4.78 is 28.2. The van der Waals surface area contributed by atoms with Gasteiger partial charge in [-0.3, -0.25) is 9.78 Å². The number of nitrogens with two attached hydrogens (primary N) is 1. The van der Waals surface area contributed by atoms with Crippen LogP contribution in [0, 0.1) is 6.92 Å². The standard InChI is InChI=1S/C17H16N2O3S.C8H15N3OS/c1-12-10-13(16-4-2-3-5-17(16)19-12)11-22-14-6-8-15(9-7-14)23(18,20)21;1-6(4-5-11(2)3)7-9-10-8(12)13-7/h2-10H,11H2,1H3,(H2,18,20,21);6H,4-5H2,1-3H3,(H,10,12)/t;6-/m.0/s1. The van der Waals surface area contributed by atoms with Crippen LogP contribution in [-0.2, 0) is 16.6 Å². The highest BCUT2D eigenvalue weighted by Gasteiger charge is 2.10. The lowest BCUT2D eigenvalue weighted by atomic mass is 10.1. The first kappa shape index (κ1) is 27.5. The highest BCUT2D eigenvalue weighted by molar-refractivity contribution is 7.89. The summed E-state index contributed by atoms with van der Waals surface area (Å²) in [6.07, 6.45) is 1.04. The van der Waals surface area contributed by atoms with Gasteiger partial charge in [-0.15, -0.1) is 0 Å². The summed E-state index contributed by atoms with van der Waals surface area (Å²) in [7, 11) is 0.398. The lowest BCUT2D eigenvalue weighted by molar-refractivity contribution is 0.307. The molecular weight excluding hydrogens is 498 g/mol. The van der Waals surface area contributed by atoms with Gasteiger partial charge in [0, 0.05) is 22.6 Å². The predicted octanol–water partition coefficient (Wildman–Crippen LogP) is 3.66. The molecule has 9 nitrogen and oxygen atoms in total. The zero-order valence-corrected chi connectivity index (χ0v) is 22.4. The van der Waals surface area contributed by atoms with Crippen molar-refractivity contribution >= 4 is 32.3 Å². The molecule has 0 spiro atoms. The molecule has 4 rings (SSSR count). The fourth-order valence-electron chi connectivity index (χ4n) is 3.43. The first-order chi connectivity index (χ1) is 17.0. The number of hydrogen-bond acceptors (Lipinski definition) is 8. The number of nitrogens with zero attached hydrogens (tertiary/aromatic N) is 3. The molecule has 0 unspecified atom stereocenters. The Morgan fingerprint density at radius 1 is 1.14 bits per heavy atom. The van der Waals surface area contributed by atoms with Crippen molar-refractivity contribution < 1.29 is 13.2 Å². The third-order valence-electron chi connectivity index (χ3n) is 5.36. The van der Waals surface area contributed by atoms with Crippen LogP contribution in [0.4, 0.5) is 0 Å². The molecule has 0 saturated heterocycles. The van der Waals surface area contributed by atoms with Gasteiger partial charge in [-0.1, -0.05) is 36.5 Å². The van der Waals surface area contributed by atoms with Gasteiger partial charge < -0.3 is 9.64 Å². The number of aryl methyl sites for hydroxylation is 1. The number of fused-ring (bicyclic) bond motifs is 1. The highest BCUT2D eigenvalue weighted by Crippen LogP contribution is 2.21. The molecule has 11 heteroatoms. The minimum Gasteiger partial charge on any atom is -0.489 e. The number of aromatic amines is 1. The van der Waals surface area contributed by atoms with E-state index < -0.39 is 10.0 Å². The molecule has 2 aromatic heterocycles. The van der Waals surface area contributed by atoms with Crippen LogP contribution >= 0.6 is 11.3 Å².